The average Bonchev–Trinajstić information content (AvgIpc) is 2.29. The first-order valence-electron chi connectivity index (χ1n) is 4.84. The van der Waals surface area contributed by atoms with Crippen molar-refractivity contribution in [2.24, 2.45) is 5.73 Å². The van der Waals surface area contributed by atoms with Crippen molar-refractivity contribution in [1.29, 1.82) is 0 Å². The summed E-state index contributed by atoms with van der Waals surface area (Å²) >= 11 is 0. The molecule has 0 aromatic heterocycles. The zero-order chi connectivity index (χ0) is 11.1. The maximum absolute atomic E-state index is 11.5. The molecule has 1 amide bonds. The smallest absolute Gasteiger partial charge is 0.251 e. The fourth-order valence-electron chi connectivity index (χ4n) is 1.16. The van der Waals surface area contributed by atoms with Crippen LogP contribution in [0.2, 0.25) is 0 Å². The van der Waals surface area contributed by atoms with Gasteiger partial charge in [0.25, 0.3) is 5.91 Å². The van der Waals surface area contributed by atoms with Gasteiger partial charge in [-0.15, -0.1) is 12.4 Å². The van der Waals surface area contributed by atoms with Crippen LogP contribution in [0, 0.1) is 0 Å². The van der Waals surface area contributed by atoms with Gasteiger partial charge in [0, 0.05) is 25.8 Å². The second-order valence-corrected chi connectivity index (χ2v) is 3.15. The van der Waals surface area contributed by atoms with E-state index in [1.807, 2.05) is 12.1 Å². The Bertz CT molecular complexity index is 314. The second-order valence-electron chi connectivity index (χ2n) is 3.15. The van der Waals surface area contributed by atoms with Gasteiger partial charge in [-0.1, -0.05) is 12.1 Å². The van der Waals surface area contributed by atoms with Crippen LogP contribution in [-0.2, 0) is 11.3 Å². The van der Waals surface area contributed by atoms with Crippen LogP contribution in [0.3, 0.4) is 0 Å². The first-order valence-corrected chi connectivity index (χ1v) is 4.84. The van der Waals surface area contributed by atoms with E-state index in [1.165, 1.54) is 0 Å². The number of carbonyl (C=O) groups is 1. The molecule has 4 nitrogen and oxygen atoms in total. The number of ether oxygens (including phenoxy) is 1. The van der Waals surface area contributed by atoms with Crippen LogP contribution < -0.4 is 11.1 Å². The van der Waals surface area contributed by atoms with Gasteiger partial charge >= 0.3 is 0 Å². The van der Waals surface area contributed by atoms with Gasteiger partial charge in [0.05, 0.1) is 6.61 Å². The molecule has 0 fully saturated rings. The Balaban J connectivity index is 0.00000225. The van der Waals surface area contributed by atoms with Crippen LogP contribution in [0.25, 0.3) is 0 Å². The van der Waals surface area contributed by atoms with E-state index >= 15 is 0 Å². The summed E-state index contributed by atoms with van der Waals surface area (Å²) in [5.74, 6) is -0.0874. The maximum Gasteiger partial charge on any atom is 0.251 e. The Morgan fingerprint density at radius 3 is 2.50 bits per heavy atom. The molecule has 0 bridgehead atoms. The van der Waals surface area contributed by atoms with E-state index in [4.69, 9.17) is 10.5 Å². The summed E-state index contributed by atoms with van der Waals surface area (Å²) in [5, 5.41) is 2.74. The molecule has 0 aliphatic carbocycles. The highest BCUT2D eigenvalue weighted by atomic mass is 35.5. The summed E-state index contributed by atoms with van der Waals surface area (Å²) in [4.78, 5) is 11.5. The van der Waals surface area contributed by atoms with Gasteiger partial charge in [0.15, 0.2) is 0 Å². The molecule has 3 N–H and O–H groups in total. The Morgan fingerprint density at radius 2 is 2.00 bits per heavy atom. The predicted molar refractivity (Wildman–Crippen MR) is 65.8 cm³/mol. The molecule has 1 rings (SSSR count). The van der Waals surface area contributed by atoms with Gasteiger partial charge in [0.1, 0.15) is 0 Å². The number of benzene rings is 1. The maximum atomic E-state index is 11.5. The van der Waals surface area contributed by atoms with Crippen molar-refractivity contribution in [3.8, 4) is 0 Å². The number of nitrogens with one attached hydrogen (secondary N) is 1. The summed E-state index contributed by atoms with van der Waals surface area (Å²) in [5.41, 5.74) is 7.12. The molecule has 0 aliphatic heterocycles. The second kappa shape index (κ2) is 8.10. The van der Waals surface area contributed by atoms with E-state index in [0.717, 1.165) is 5.56 Å². The van der Waals surface area contributed by atoms with E-state index in [2.05, 4.69) is 5.32 Å². The van der Waals surface area contributed by atoms with Crippen molar-refractivity contribution in [3.63, 3.8) is 0 Å². The van der Waals surface area contributed by atoms with Gasteiger partial charge in [0.2, 0.25) is 0 Å². The molecular formula is C11H17ClN2O2. The van der Waals surface area contributed by atoms with Crippen molar-refractivity contribution in [2.75, 3.05) is 20.3 Å². The molecule has 0 heterocycles. The SMILES string of the molecule is COCCNC(=O)c1ccc(CN)cc1.Cl. The van der Waals surface area contributed by atoms with Gasteiger partial charge in [-0.3, -0.25) is 4.79 Å². The minimum absolute atomic E-state index is 0. The number of carbonyl (C=O) groups excluding carboxylic acids is 1. The Hall–Kier alpha value is -1.10. The van der Waals surface area contributed by atoms with Crippen molar-refractivity contribution < 1.29 is 9.53 Å². The lowest BCUT2D eigenvalue weighted by atomic mass is 10.1. The highest BCUT2D eigenvalue weighted by Gasteiger charge is 2.03. The van der Waals surface area contributed by atoms with Crippen LogP contribution >= 0.6 is 12.4 Å². The summed E-state index contributed by atoms with van der Waals surface area (Å²) in [6.45, 7) is 1.53. The molecule has 0 atom stereocenters. The fraction of sp³-hybridized carbons (Fsp3) is 0.364. The predicted octanol–water partition coefficient (Wildman–Crippen LogP) is 0.943. The molecule has 5 heteroatoms. The number of nitrogens with two attached hydrogens (primary N) is 1. The summed E-state index contributed by atoms with van der Waals surface area (Å²) in [7, 11) is 1.60. The highest BCUT2D eigenvalue weighted by molar-refractivity contribution is 5.94. The fourth-order valence-corrected chi connectivity index (χ4v) is 1.16. The third kappa shape index (κ3) is 4.61. The topological polar surface area (TPSA) is 64.3 Å². The van der Waals surface area contributed by atoms with Crippen molar-refractivity contribution >= 4 is 18.3 Å². The molecular weight excluding hydrogens is 228 g/mol. The zero-order valence-corrected chi connectivity index (χ0v) is 10.0. The molecule has 16 heavy (non-hydrogen) atoms. The minimum Gasteiger partial charge on any atom is -0.383 e. The first kappa shape index (κ1) is 14.9. The van der Waals surface area contributed by atoms with Gasteiger partial charge < -0.3 is 15.8 Å². The van der Waals surface area contributed by atoms with Crippen LogP contribution in [0.5, 0.6) is 0 Å². The van der Waals surface area contributed by atoms with Crippen molar-refractivity contribution in [1.82, 2.24) is 5.32 Å². The lowest BCUT2D eigenvalue weighted by molar-refractivity contribution is 0.0937. The molecule has 0 aliphatic rings. The lowest BCUT2D eigenvalue weighted by Gasteiger charge is -2.04. The number of hydrogen-bond donors (Lipinski definition) is 2. The minimum atomic E-state index is -0.0874. The van der Waals surface area contributed by atoms with Crippen LogP contribution in [0.1, 0.15) is 15.9 Å². The van der Waals surface area contributed by atoms with Gasteiger partial charge in [-0.25, -0.2) is 0 Å². The van der Waals surface area contributed by atoms with Crippen LogP contribution in [-0.4, -0.2) is 26.2 Å². The molecule has 1 aromatic carbocycles. The molecule has 0 spiro atoms. The number of halogens is 1. The lowest BCUT2D eigenvalue weighted by Crippen LogP contribution is -2.26. The zero-order valence-electron chi connectivity index (χ0n) is 9.23. The third-order valence-electron chi connectivity index (χ3n) is 2.04. The Labute approximate surface area is 102 Å². The van der Waals surface area contributed by atoms with E-state index in [-0.39, 0.29) is 18.3 Å². The number of amides is 1. The van der Waals surface area contributed by atoms with Crippen LogP contribution in [0.15, 0.2) is 24.3 Å². The number of hydrogen-bond acceptors (Lipinski definition) is 3. The third-order valence-corrected chi connectivity index (χ3v) is 2.04. The van der Waals surface area contributed by atoms with E-state index < -0.39 is 0 Å². The summed E-state index contributed by atoms with van der Waals surface area (Å²) in [6.07, 6.45) is 0. The largest absolute Gasteiger partial charge is 0.383 e. The normalized spacial score (nSPS) is 9.38. The molecule has 0 unspecified atom stereocenters. The van der Waals surface area contributed by atoms with Crippen LogP contribution in [0.4, 0.5) is 0 Å². The van der Waals surface area contributed by atoms with E-state index in [0.29, 0.717) is 25.3 Å². The molecule has 0 saturated heterocycles. The Morgan fingerprint density at radius 1 is 1.38 bits per heavy atom. The highest BCUT2D eigenvalue weighted by Crippen LogP contribution is 2.03. The van der Waals surface area contributed by atoms with Crippen molar-refractivity contribution in [2.45, 2.75) is 6.54 Å². The monoisotopic (exact) mass is 244 g/mol. The first-order chi connectivity index (χ1) is 7.27. The average molecular weight is 245 g/mol. The summed E-state index contributed by atoms with van der Waals surface area (Å²) < 4.78 is 4.83. The molecule has 0 saturated carbocycles. The summed E-state index contributed by atoms with van der Waals surface area (Å²) in [6, 6.07) is 7.24. The Kier molecular flexibility index (Phi) is 7.54. The van der Waals surface area contributed by atoms with E-state index in [9.17, 15) is 4.79 Å². The number of rotatable bonds is 5. The van der Waals surface area contributed by atoms with Gasteiger partial charge in [-0.05, 0) is 17.7 Å². The molecule has 90 valence electrons. The molecule has 0 radical (unpaired) electrons. The molecule has 1 aromatic rings. The standard InChI is InChI=1S/C11H16N2O2.ClH/c1-15-7-6-13-11(14)10-4-2-9(8-12)3-5-10;/h2-5H,6-8,12H2,1H3,(H,13,14);1H. The van der Waals surface area contributed by atoms with Gasteiger partial charge in [-0.2, -0.15) is 0 Å². The number of methoxy groups -OCH3 is 1. The quantitative estimate of drug-likeness (QED) is 0.758. The van der Waals surface area contributed by atoms with E-state index in [1.54, 1.807) is 19.2 Å². The van der Waals surface area contributed by atoms with Crippen molar-refractivity contribution in [3.05, 3.63) is 35.4 Å².